The number of nitrogens with zero attached hydrogens (tertiary/aromatic N) is 3. The molecule has 0 aliphatic carbocycles. The lowest BCUT2D eigenvalue weighted by Gasteiger charge is -2.13. The number of aromatic nitrogens is 2. The van der Waals surface area contributed by atoms with Gasteiger partial charge in [-0.2, -0.15) is 0 Å². The lowest BCUT2D eigenvalue weighted by Crippen LogP contribution is -2.21. The van der Waals surface area contributed by atoms with Crippen LogP contribution in [-0.2, 0) is 0 Å². The number of rotatable bonds is 3. The van der Waals surface area contributed by atoms with Gasteiger partial charge in [0.15, 0.2) is 5.69 Å². The highest BCUT2D eigenvalue weighted by Gasteiger charge is 2.13. The normalized spacial score (nSPS) is 9.40. The summed E-state index contributed by atoms with van der Waals surface area (Å²) in [5.41, 5.74) is -0.231. The molecule has 0 amide bonds. The molecule has 5 nitrogen and oxygen atoms in total. The minimum atomic E-state index is -1.20. The summed E-state index contributed by atoms with van der Waals surface area (Å²) in [7, 11) is 1.66. The Hall–Kier alpha value is -1.80. The molecule has 15 heavy (non-hydrogen) atoms. The Bertz CT molecular complexity index is 428. The molecule has 0 spiro atoms. The van der Waals surface area contributed by atoms with E-state index in [0.717, 1.165) is 0 Å². The van der Waals surface area contributed by atoms with Gasteiger partial charge in [-0.15, -0.1) is 6.42 Å². The van der Waals surface area contributed by atoms with E-state index < -0.39 is 5.97 Å². The number of hydrogen-bond acceptors (Lipinski definition) is 4. The van der Waals surface area contributed by atoms with Gasteiger partial charge in [0.05, 0.1) is 17.8 Å². The number of halogens is 1. The summed E-state index contributed by atoms with van der Waals surface area (Å²) in [5, 5.41) is 8.77. The van der Waals surface area contributed by atoms with Crippen LogP contribution in [0.3, 0.4) is 0 Å². The lowest BCUT2D eigenvalue weighted by atomic mass is 10.4. The van der Waals surface area contributed by atoms with Gasteiger partial charge in [0.2, 0.25) is 5.95 Å². The van der Waals surface area contributed by atoms with E-state index in [-0.39, 0.29) is 16.7 Å². The van der Waals surface area contributed by atoms with E-state index in [4.69, 9.17) is 23.1 Å². The van der Waals surface area contributed by atoms with Crippen LogP contribution in [0.1, 0.15) is 10.5 Å². The number of terminal acetylenes is 1. The van der Waals surface area contributed by atoms with Crippen molar-refractivity contribution in [2.24, 2.45) is 0 Å². The van der Waals surface area contributed by atoms with Crippen LogP contribution >= 0.6 is 11.6 Å². The molecule has 1 N–H and O–H groups in total. The second-order valence-corrected chi connectivity index (χ2v) is 3.14. The van der Waals surface area contributed by atoms with Crippen LogP contribution < -0.4 is 4.90 Å². The predicted molar refractivity (Wildman–Crippen MR) is 56.1 cm³/mol. The molecule has 0 radical (unpaired) electrons. The van der Waals surface area contributed by atoms with E-state index in [1.807, 2.05) is 0 Å². The minimum absolute atomic E-state index is 0.000331. The Labute approximate surface area is 91.7 Å². The maximum Gasteiger partial charge on any atom is 0.356 e. The number of carboxylic acids is 1. The monoisotopic (exact) mass is 225 g/mol. The molecule has 1 heterocycles. The van der Waals surface area contributed by atoms with Gasteiger partial charge in [0, 0.05) is 7.05 Å². The first-order chi connectivity index (χ1) is 7.06. The van der Waals surface area contributed by atoms with E-state index in [1.54, 1.807) is 11.9 Å². The topological polar surface area (TPSA) is 66.3 Å². The Kier molecular flexibility index (Phi) is 3.47. The molecule has 0 saturated carbocycles. The third-order valence-electron chi connectivity index (χ3n) is 1.60. The van der Waals surface area contributed by atoms with E-state index in [2.05, 4.69) is 15.9 Å². The Morgan fingerprint density at radius 2 is 2.47 bits per heavy atom. The van der Waals surface area contributed by atoms with Gasteiger partial charge in [0.25, 0.3) is 0 Å². The summed E-state index contributed by atoms with van der Waals surface area (Å²) in [6, 6.07) is 0. The van der Waals surface area contributed by atoms with Crippen LogP contribution in [0.4, 0.5) is 5.95 Å². The standard InChI is InChI=1S/C9H8ClN3O2/c1-3-4-13(2)9-11-5-6(10)7(12-9)8(14)15/h1,5H,4H2,2H3,(H,14,15). The maximum absolute atomic E-state index is 10.7. The van der Waals surface area contributed by atoms with E-state index >= 15 is 0 Å². The zero-order valence-electron chi connectivity index (χ0n) is 7.94. The zero-order valence-corrected chi connectivity index (χ0v) is 8.69. The molecular weight excluding hydrogens is 218 g/mol. The fraction of sp³-hybridized carbons (Fsp3) is 0.222. The molecule has 1 aromatic heterocycles. The summed E-state index contributed by atoms with van der Waals surface area (Å²) in [4.78, 5) is 19.9. The summed E-state index contributed by atoms with van der Waals surface area (Å²) in [6.45, 7) is 0.292. The highest BCUT2D eigenvalue weighted by Crippen LogP contribution is 2.15. The summed E-state index contributed by atoms with van der Waals surface area (Å²) >= 11 is 5.61. The number of hydrogen-bond donors (Lipinski definition) is 1. The van der Waals surface area contributed by atoms with Gasteiger partial charge < -0.3 is 10.0 Å². The van der Waals surface area contributed by atoms with Crippen molar-refractivity contribution in [3.63, 3.8) is 0 Å². The molecule has 0 aromatic carbocycles. The molecule has 0 atom stereocenters. The van der Waals surface area contributed by atoms with Gasteiger partial charge in [-0.25, -0.2) is 14.8 Å². The third-order valence-corrected chi connectivity index (χ3v) is 1.88. The number of anilines is 1. The molecule has 0 unspecified atom stereocenters. The number of aromatic carboxylic acids is 1. The van der Waals surface area contributed by atoms with Crippen molar-refractivity contribution < 1.29 is 9.90 Å². The van der Waals surface area contributed by atoms with Crippen molar-refractivity contribution in [3.05, 3.63) is 16.9 Å². The summed E-state index contributed by atoms with van der Waals surface area (Å²) in [6.07, 6.45) is 6.34. The van der Waals surface area contributed by atoms with Gasteiger partial charge in [-0.1, -0.05) is 17.5 Å². The highest BCUT2D eigenvalue weighted by molar-refractivity contribution is 6.33. The average molecular weight is 226 g/mol. The summed E-state index contributed by atoms with van der Waals surface area (Å²) in [5.74, 6) is 1.43. The zero-order chi connectivity index (χ0) is 11.4. The van der Waals surface area contributed by atoms with Crippen molar-refractivity contribution in [2.75, 3.05) is 18.5 Å². The average Bonchev–Trinajstić information content (AvgIpc) is 2.18. The molecule has 0 aliphatic heterocycles. The minimum Gasteiger partial charge on any atom is -0.476 e. The molecule has 0 aliphatic rings. The van der Waals surface area contributed by atoms with Gasteiger partial charge in [0.1, 0.15) is 0 Å². The number of carbonyl (C=O) groups is 1. The van der Waals surface area contributed by atoms with Crippen molar-refractivity contribution in [1.82, 2.24) is 9.97 Å². The molecule has 78 valence electrons. The van der Waals surface area contributed by atoms with Gasteiger partial charge >= 0.3 is 5.97 Å². The fourth-order valence-electron chi connectivity index (χ4n) is 0.899. The first-order valence-corrected chi connectivity index (χ1v) is 4.34. The van der Waals surface area contributed by atoms with E-state index in [1.165, 1.54) is 6.20 Å². The first kappa shape index (κ1) is 11.3. The van der Waals surface area contributed by atoms with Crippen molar-refractivity contribution >= 4 is 23.5 Å². The molecule has 0 bridgehead atoms. The van der Waals surface area contributed by atoms with Crippen LogP contribution in [0, 0.1) is 12.3 Å². The number of carboxylic acid groups (broad SMARTS) is 1. The molecule has 0 fully saturated rings. The summed E-state index contributed by atoms with van der Waals surface area (Å²) < 4.78 is 0. The predicted octanol–water partition coefficient (Wildman–Crippen LogP) is 0.898. The molecule has 1 rings (SSSR count). The molecule has 1 aromatic rings. The van der Waals surface area contributed by atoms with Gasteiger partial charge in [-0.05, 0) is 0 Å². The Morgan fingerprint density at radius 1 is 1.80 bits per heavy atom. The maximum atomic E-state index is 10.7. The molecular formula is C9H8ClN3O2. The second kappa shape index (κ2) is 4.62. The van der Waals surface area contributed by atoms with Crippen LogP contribution in [0.15, 0.2) is 6.20 Å². The Morgan fingerprint density at radius 3 is 3.00 bits per heavy atom. The first-order valence-electron chi connectivity index (χ1n) is 3.96. The van der Waals surface area contributed by atoms with Crippen LogP contribution in [0.2, 0.25) is 5.02 Å². The van der Waals surface area contributed by atoms with Gasteiger partial charge in [-0.3, -0.25) is 0 Å². The SMILES string of the molecule is C#CCN(C)c1ncc(Cl)c(C(=O)O)n1. The lowest BCUT2D eigenvalue weighted by molar-refractivity contribution is 0.0690. The van der Waals surface area contributed by atoms with Crippen molar-refractivity contribution in [2.45, 2.75) is 0 Å². The quantitative estimate of drug-likeness (QED) is 0.775. The fourth-order valence-corrected chi connectivity index (χ4v) is 1.07. The largest absolute Gasteiger partial charge is 0.476 e. The second-order valence-electron chi connectivity index (χ2n) is 2.73. The van der Waals surface area contributed by atoms with E-state index in [0.29, 0.717) is 6.54 Å². The third kappa shape index (κ3) is 2.58. The van der Waals surface area contributed by atoms with E-state index in [9.17, 15) is 4.79 Å². The smallest absolute Gasteiger partial charge is 0.356 e. The van der Waals surface area contributed by atoms with Crippen LogP contribution in [-0.4, -0.2) is 34.6 Å². The molecule has 6 heteroatoms. The van der Waals surface area contributed by atoms with Crippen molar-refractivity contribution in [1.29, 1.82) is 0 Å². The highest BCUT2D eigenvalue weighted by atomic mass is 35.5. The van der Waals surface area contributed by atoms with Crippen molar-refractivity contribution in [3.8, 4) is 12.3 Å². The Balaban J connectivity index is 3.08. The van der Waals surface area contributed by atoms with Crippen LogP contribution in [0.5, 0.6) is 0 Å². The molecule has 0 saturated heterocycles. The van der Waals surface area contributed by atoms with Crippen LogP contribution in [0.25, 0.3) is 0 Å².